The van der Waals surface area contributed by atoms with Gasteiger partial charge in [-0.25, -0.2) is 8.78 Å². The van der Waals surface area contributed by atoms with Crippen LogP contribution < -0.4 is 5.32 Å². The van der Waals surface area contributed by atoms with Gasteiger partial charge in [0, 0.05) is 11.5 Å². The van der Waals surface area contributed by atoms with E-state index in [0.29, 0.717) is 16.6 Å². The van der Waals surface area contributed by atoms with Crippen molar-refractivity contribution in [1.29, 1.82) is 0 Å². The summed E-state index contributed by atoms with van der Waals surface area (Å²) in [5, 5.41) is 14.0. The van der Waals surface area contributed by atoms with E-state index in [9.17, 15) is 13.6 Å². The SMILES string of the molecule is O=C(Cc1ccsc1)Nc1cc2c(C=Cc3ccc(F)cc3)n[nH]c2cc1F. The highest BCUT2D eigenvalue weighted by atomic mass is 32.1. The Labute approximate surface area is 163 Å². The first-order valence-corrected chi connectivity index (χ1v) is 9.45. The van der Waals surface area contributed by atoms with Crippen LogP contribution >= 0.6 is 11.3 Å². The molecule has 4 nitrogen and oxygen atoms in total. The number of hydrogen-bond acceptors (Lipinski definition) is 3. The van der Waals surface area contributed by atoms with E-state index in [1.54, 1.807) is 30.4 Å². The molecule has 0 aliphatic heterocycles. The highest BCUT2D eigenvalue weighted by Crippen LogP contribution is 2.25. The lowest BCUT2D eigenvalue weighted by Gasteiger charge is -2.06. The molecule has 0 fully saturated rings. The number of benzene rings is 2. The summed E-state index contributed by atoms with van der Waals surface area (Å²) in [4.78, 5) is 12.2. The van der Waals surface area contributed by atoms with Crippen molar-refractivity contribution >= 4 is 46.0 Å². The molecular weight excluding hydrogens is 380 g/mol. The van der Waals surface area contributed by atoms with Gasteiger partial charge in [0.2, 0.25) is 5.91 Å². The van der Waals surface area contributed by atoms with Crippen molar-refractivity contribution in [2.45, 2.75) is 6.42 Å². The van der Waals surface area contributed by atoms with Gasteiger partial charge in [0.15, 0.2) is 0 Å². The second-order valence-electron chi connectivity index (χ2n) is 6.23. The minimum Gasteiger partial charge on any atom is -0.323 e. The summed E-state index contributed by atoms with van der Waals surface area (Å²) in [6.45, 7) is 0. The maximum atomic E-state index is 14.3. The topological polar surface area (TPSA) is 57.8 Å². The molecule has 28 heavy (non-hydrogen) atoms. The number of thiophene rings is 1. The van der Waals surface area contributed by atoms with Crippen molar-refractivity contribution in [1.82, 2.24) is 10.2 Å². The summed E-state index contributed by atoms with van der Waals surface area (Å²) in [5.74, 6) is -1.13. The first kappa shape index (κ1) is 18.1. The molecule has 0 aliphatic rings. The lowest BCUT2D eigenvalue weighted by molar-refractivity contribution is -0.115. The summed E-state index contributed by atoms with van der Waals surface area (Å²) in [7, 11) is 0. The molecule has 0 radical (unpaired) electrons. The van der Waals surface area contributed by atoms with Crippen LogP contribution in [0.5, 0.6) is 0 Å². The Morgan fingerprint density at radius 2 is 1.96 bits per heavy atom. The molecule has 0 spiro atoms. The first-order valence-electron chi connectivity index (χ1n) is 8.51. The van der Waals surface area contributed by atoms with Crippen LogP contribution in [0.1, 0.15) is 16.8 Å². The fourth-order valence-corrected chi connectivity index (χ4v) is 3.47. The monoisotopic (exact) mass is 395 g/mol. The van der Waals surface area contributed by atoms with E-state index in [4.69, 9.17) is 0 Å². The number of halogens is 2. The number of hydrogen-bond donors (Lipinski definition) is 2. The third-order valence-electron chi connectivity index (χ3n) is 4.20. The zero-order chi connectivity index (χ0) is 19.5. The Hall–Kier alpha value is -3.32. The van der Waals surface area contributed by atoms with Crippen molar-refractivity contribution in [3.63, 3.8) is 0 Å². The van der Waals surface area contributed by atoms with E-state index >= 15 is 0 Å². The third kappa shape index (κ3) is 3.99. The zero-order valence-corrected chi connectivity index (χ0v) is 15.4. The van der Waals surface area contributed by atoms with E-state index in [0.717, 1.165) is 11.1 Å². The zero-order valence-electron chi connectivity index (χ0n) is 14.6. The predicted octanol–water partition coefficient (Wildman–Crippen LogP) is 5.25. The average Bonchev–Trinajstić information content (AvgIpc) is 3.31. The van der Waals surface area contributed by atoms with E-state index in [1.807, 2.05) is 16.8 Å². The molecule has 4 aromatic rings. The molecule has 0 atom stereocenters. The van der Waals surface area contributed by atoms with Gasteiger partial charge < -0.3 is 5.32 Å². The number of anilines is 1. The van der Waals surface area contributed by atoms with Crippen molar-refractivity contribution in [2.75, 3.05) is 5.32 Å². The molecule has 7 heteroatoms. The number of aromatic nitrogens is 2. The lowest BCUT2D eigenvalue weighted by atomic mass is 10.1. The largest absolute Gasteiger partial charge is 0.323 e. The highest BCUT2D eigenvalue weighted by Gasteiger charge is 2.12. The average molecular weight is 395 g/mol. The van der Waals surface area contributed by atoms with Crippen LogP contribution in [0.2, 0.25) is 0 Å². The van der Waals surface area contributed by atoms with Crippen molar-refractivity contribution in [3.8, 4) is 0 Å². The number of aromatic amines is 1. The summed E-state index contributed by atoms with van der Waals surface area (Å²) in [6.07, 6.45) is 3.72. The molecule has 2 heterocycles. The van der Waals surface area contributed by atoms with Crippen LogP contribution in [0.25, 0.3) is 23.1 Å². The Bertz CT molecular complexity index is 1150. The van der Waals surface area contributed by atoms with Gasteiger partial charge in [-0.3, -0.25) is 9.89 Å². The second kappa shape index (κ2) is 7.74. The van der Waals surface area contributed by atoms with E-state index in [1.165, 1.54) is 29.5 Å². The quantitative estimate of drug-likeness (QED) is 0.485. The Kier molecular flexibility index (Phi) is 4.99. The lowest BCUT2D eigenvalue weighted by Crippen LogP contribution is -2.15. The van der Waals surface area contributed by atoms with Gasteiger partial charge in [-0.05, 0) is 52.2 Å². The number of fused-ring (bicyclic) bond motifs is 1. The minimum atomic E-state index is -0.538. The van der Waals surface area contributed by atoms with E-state index < -0.39 is 5.82 Å². The number of H-pyrrole nitrogens is 1. The smallest absolute Gasteiger partial charge is 0.228 e. The summed E-state index contributed by atoms with van der Waals surface area (Å²) in [5.41, 5.74) is 2.91. The molecule has 4 rings (SSSR count). The number of amides is 1. The number of rotatable bonds is 5. The van der Waals surface area contributed by atoms with Crippen LogP contribution in [0, 0.1) is 11.6 Å². The molecule has 140 valence electrons. The molecule has 1 amide bonds. The van der Waals surface area contributed by atoms with Gasteiger partial charge in [-0.2, -0.15) is 16.4 Å². The van der Waals surface area contributed by atoms with Crippen LogP contribution in [0.4, 0.5) is 14.5 Å². The van der Waals surface area contributed by atoms with Gasteiger partial charge in [0.25, 0.3) is 0 Å². The number of nitrogens with zero attached hydrogens (tertiary/aromatic N) is 1. The van der Waals surface area contributed by atoms with E-state index in [-0.39, 0.29) is 23.8 Å². The van der Waals surface area contributed by atoms with Crippen LogP contribution in [-0.2, 0) is 11.2 Å². The highest BCUT2D eigenvalue weighted by molar-refractivity contribution is 7.08. The molecular formula is C21H15F2N3OS. The molecule has 2 N–H and O–H groups in total. The van der Waals surface area contributed by atoms with Crippen LogP contribution in [-0.4, -0.2) is 16.1 Å². The third-order valence-corrected chi connectivity index (χ3v) is 4.93. The van der Waals surface area contributed by atoms with Crippen molar-refractivity contribution in [3.05, 3.63) is 81.7 Å². The maximum Gasteiger partial charge on any atom is 0.228 e. The Morgan fingerprint density at radius 3 is 2.71 bits per heavy atom. The Morgan fingerprint density at radius 1 is 1.14 bits per heavy atom. The number of nitrogens with one attached hydrogen (secondary N) is 2. The molecule has 0 saturated carbocycles. The van der Waals surface area contributed by atoms with E-state index in [2.05, 4.69) is 15.5 Å². The molecule has 2 aromatic carbocycles. The predicted molar refractivity (Wildman–Crippen MR) is 108 cm³/mol. The standard InChI is InChI=1S/C21H15F2N3OS/c22-15-4-1-13(2-5-15)3-6-18-16-10-20(17(23)11-19(16)26-25-18)24-21(27)9-14-7-8-28-12-14/h1-8,10-12H,9H2,(H,24,27)(H,25,26). The molecule has 2 aromatic heterocycles. The summed E-state index contributed by atoms with van der Waals surface area (Å²) >= 11 is 1.51. The van der Waals surface area contributed by atoms with Crippen molar-refractivity contribution in [2.24, 2.45) is 0 Å². The molecule has 0 unspecified atom stereocenters. The first-order chi connectivity index (χ1) is 13.6. The molecule has 0 aliphatic carbocycles. The summed E-state index contributed by atoms with van der Waals surface area (Å²) < 4.78 is 27.3. The van der Waals surface area contributed by atoms with Gasteiger partial charge in [-0.1, -0.05) is 18.2 Å². The minimum absolute atomic E-state index is 0.102. The molecule has 0 bridgehead atoms. The Balaban J connectivity index is 1.58. The van der Waals surface area contributed by atoms with Gasteiger partial charge >= 0.3 is 0 Å². The van der Waals surface area contributed by atoms with Gasteiger partial charge in [0.1, 0.15) is 11.6 Å². The van der Waals surface area contributed by atoms with Crippen LogP contribution in [0.15, 0.2) is 53.2 Å². The number of carbonyl (C=O) groups excluding carboxylic acids is 1. The van der Waals surface area contributed by atoms with Gasteiger partial charge in [0.05, 0.1) is 23.3 Å². The fourth-order valence-electron chi connectivity index (χ4n) is 2.80. The fraction of sp³-hybridized carbons (Fsp3) is 0.0476. The second-order valence-corrected chi connectivity index (χ2v) is 7.01. The molecule has 0 saturated heterocycles. The normalized spacial score (nSPS) is 11.4. The summed E-state index contributed by atoms with van der Waals surface area (Å²) in [6, 6.07) is 10.8. The van der Waals surface area contributed by atoms with Crippen LogP contribution in [0.3, 0.4) is 0 Å². The van der Waals surface area contributed by atoms with Gasteiger partial charge in [-0.15, -0.1) is 0 Å². The van der Waals surface area contributed by atoms with Crippen molar-refractivity contribution < 1.29 is 13.6 Å². The maximum absolute atomic E-state index is 14.3. The number of carbonyl (C=O) groups is 1.